The van der Waals surface area contributed by atoms with E-state index in [2.05, 4.69) is 34.2 Å². The van der Waals surface area contributed by atoms with Crippen LogP contribution in [0.2, 0.25) is 10.0 Å². The first-order chi connectivity index (χ1) is 9.08. The highest BCUT2D eigenvalue weighted by Gasteiger charge is 2.08. The zero-order valence-corrected chi connectivity index (χ0v) is 13.6. The molecule has 0 spiro atoms. The molecule has 100 valence electrons. The van der Waals surface area contributed by atoms with E-state index < -0.39 is 0 Å². The minimum absolute atomic E-state index is 0.255. The first kappa shape index (κ1) is 14.9. The molecule has 0 amide bonds. The van der Waals surface area contributed by atoms with Gasteiger partial charge in [0.2, 0.25) is 0 Å². The quantitative estimate of drug-likeness (QED) is 0.749. The van der Waals surface area contributed by atoms with Crippen molar-refractivity contribution in [1.29, 1.82) is 0 Å². The van der Waals surface area contributed by atoms with Gasteiger partial charge in [0.05, 0.1) is 10.0 Å². The molecular formula is C15H14BrCl2N. The van der Waals surface area contributed by atoms with Crippen molar-refractivity contribution in [2.45, 2.75) is 19.5 Å². The van der Waals surface area contributed by atoms with Crippen LogP contribution in [0.4, 0.5) is 0 Å². The molecular weight excluding hydrogens is 345 g/mol. The Morgan fingerprint density at radius 1 is 1.11 bits per heavy atom. The molecule has 0 aliphatic heterocycles. The van der Waals surface area contributed by atoms with Crippen LogP contribution >= 0.6 is 39.1 Å². The number of halogens is 3. The second-order valence-corrected chi connectivity index (χ2v) is 6.04. The summed E-state index contributed by atoms with van der Waals surface area (Å²) in [5.41, 5.74) is 2.36. The lowest BCUT2D eigenvalue weighted by atomic mass is 10.1. The van der Waals surface area contributed by atoms with Crippen molar-refractivity contribution in [2.24, 2.45) is 0 Å². The fourth-order valence-electron chi connectivity index (χ4n) is 1.86. The van der Waals surface area contributed by atoms with Gasteiger partial charge in [0, 0.05) is 17.1 Å². The normalized spacial score (nSPS) is 12.4. The van der Waals surface area contributed by atoms with Crippen molar-refractivity contribution in [3.8, 4) is 0 Å². The van der Waals surface area contributed by atoms with Crippen molar-refractivity contribution in [3.05, 3.63) is 68.1 Å². The number of hydrogen-bond donors (Lipinski definition) is 1. The van der Waals surface area contributed by atoms with Crippen molar-refractivity contribution in [1.82, 2.24) is 5.32 Å². The van der Waals surface area contributed by atoms with Crippen LogP contribution in [0, 0.1) is 0 Å². The van der Waals surface area contributed by atoms with Crippen LogP contribution in [-0.2, 0) is 6.54 Å². The van der Waals surface area contributed by atoms with Gasteiger partial charge in [-0.05, 0) is 36.2 Å². The Morgan fingerprint density at radius 3 is 2.53 bits per heavy atom. The summed E-state index contributed by atoms with van der Waals surface area (Å²) in [6.07, 6.45) is 0. The molecule has 1 N–H and O–H groups in total. The highest BCUT2D eigenvalue weighted by molar-refractivity contribution is 9.10. The van der Waals surface area contributed by atoms with Crippen LogP contribution in [-0.4, -0.2) is 0 Å². The first-order valence-corrected chi connectivity index (χ1v) is 7.54. The SMILES string of the molecule is CC(NCc1ccc(Cl)c(Cl)c1)c1ccccc1Br. The molecule has 0 heterocycles. The van der Waals surface area contributed by atoms with E-state index in [1.54, 1.807) is 0 Å². The van der Waals surface area contributed by atoms with Gasteiger partial charge >= 0.3 is 0 Å². The smallest absolute Gasteiger partial charge is 0.0595 e. The van der Waals surface area contributed by atoms with Gasteiger partial charge in [-0.1, -0.05) is 63.4 Å². The van der Waals surface area contributed by atoms with Gasteiger partial charge in [-0.2, -0.15) is 0 Å². The van der Waals surface area contributed by atoms with Crippen LogP contribution in [0.15, 0.2) is 46.9 Å². The second kappa shape index (κ2) is 6.76. The molecule has 0 saturated carbocycles. The number of hydrogen-bond acceptors (Lipinski definition) is 1. The summed E-state index contributed by atoms with van der Waals surface area (Å²) in [7, 11) is 0. The monoisotopic (exact) mass is 357 g/mol. The van der Waals surface area contributed by atoms with Gasteiger partial charge in [0.25, 0.3) is 0 Å². The van der Waals surface area contributed by atoms with E-state index in [9.17, 15) is 0 Å². The van der Waals surface area contributed by atoms with E-state index in [0.29, 0.717) is 10.0 Å². The minimum Gasteiger partial charge on any atom is -0.306 e. The molecule has 0 aromatic heterocycles. The third-order valence-corrected chi connectivity index (χ3v) is 4.43. The molecule has 2 aromatic carbocycles. The summed E-state index contributed by atoms with van der Waals surface area (Å²) in [6, 6.07) is 14.2. The molecule has 1 unspecified atom stereocenters. The lowest BCUT2D eigenvalue weighted by Crippen LogP contribution is -2.18. The molecule has 1 nitrogen and oxygen atoms in total. The summed E-state index contributed by atoms with van der Waals surface area (Å²) in [6.45, 7) is 2.89. The Morgan fingerprint density at radius 2 is 1.84 bits per heavy atom. The summed E-state index contributed by atoms with van der Waals surface area (Å²) < 4.78 is 1.11. The van der Waals surface area contributed by atoms with Gasteiger partial charge < -0.3 is 5.32 Å². The third-order valence-electron chi connectivity index (χ3n) is 2.97. The van der Waals surface area contributed by atoms with Crippen LogP contribution in [0.1, 0.15) is 24.1 Å². The summed E-state index contributed by atoms with van der Waals surface area (Å²) >= 11 is 15.5. The molecule has 2 rings (SSSR count). The number of rotatable bonds is 4. The average molecular weight is 359 g/mol. The largest absolute Gasteiger partial charge is 0.306 e. The van der Waals surface area contributed by atoms with Gasteiger partial charge in [-0.25, -0.2) is 0 Å². The molecule has 1 atom stereocenters. The van der Waals surface area contributed by atoms with E-state index in [-0.39, 0.29) is 6.04 Å². The molecule has 0 fully saturated rings. The Bertz CT molecular complexity index is 572. The van der Waals surface area contributed by atoms with Gasteiger partial charge in [0.1, 0.15) is 0 Å². The Balaban J connectivity index is 2.02. The summed E-state index contributed by atoms with van der Waals surface area (Å²) in [5, 5.41) is 4.65. The van der Waals surface area contributed by atoms with E-state index in [4.69, 9.17) is 23.2 Å². The van der Waals surface area contributed by atoms with E-state index >= 15 is 0 Å². The molecule has 4 heteroatoms. The summed E-state index contributed by atoms with van der Waals surface area (Å²) in [5.74, 6) is 0. The Hall–Kier alpha value is -0.540. The Kier molecular flexibility index (Phi) is 5.28. The second-order valence-electron chi connectivity index (χ2n) is 4.37. The van der Waals surface area contributed by atoms with Gasteiger partial charge in [-0.3, -0.25) is 0 Å². The Labute approximate surface area is 132 Å². The van der Waals surface area contributed by atoms with Crippen molar-refractivity contribution < 1.29 is 0 Å². The van der Waals surface area contributed by atoms with E-state index in [1.807, 2.05) is 36.4 Å². The topological polar surface area (TPSA) is 12.0 Å². The standard InChI is InChI=1S/C15H14BrCl2N/c1-10(12-4-2-3-5-13(12)16)19-9-11-6-7-14(17)15(18)8-11/h2-8,10,19H,9H2,1H3. The highest BCUT2D eigenvalue weighted by atomic mass is 79.9. The molecule has 19 heavy (non-hydrogen) atoms. The lowest BCUT2D eigenvalue weighted by Gasteiger charge is -2.16. The predicted octanol–water partition coefficient (Wildman–Crippen LogP) is 5.61. The lowest BCUT2D eigenvalue weighted by molar-refractivity contribution is 0.573. The molecule has 2 aromatic rings. The maximum absolute atomic E-state index is 6.00. The maximum atomic E-state index is 6.00. The molecule has 0 radical (unpaired) electrons. The maximum Gasteiger partial charge on any atom is 0.0595 e. The average Bonchev–Trinajstić information content (AvgIpc) is 2.40. The van der Waals surface area contributed by atoms with Gasteiger partial charge in [0.15, 0.2) is 0 Å². The molecule has 0 aliphatic rings. The van der Waals surface area contributed by atoms with Crippen LogP contribution in [0.25, 0.3) is 0 Å². The molecule has 0 bridgehead atoms. The third kappa shape index (κ3) is 3.96. The summed E-state index contributed by atoms with van der Waals surface area (Å²) in [4.78, 5) is 0. The fraction of sp³-hybridized carbons (Fsp3) is 0.200. The molecule has 0 aliphatic carbocycles. The van der Waals surface area contributed by atoms with E-state index in [1.165, 1.54) is 5.56 Å². The predicted molar refractivity (Wildman–Crippen MR) is 85.9 cm³/mol. The first-order valence-electron chi connectivity index (χ1n) is 5.99. The van der Waals surface area contributed by atoms with E-state index in [0.717, 1.165) is 16.6 Å². The molecule has 0 saturated heterocycles. The zero-order valence-electron chi connectivity index (χ0n) is 10.5. The number of nitrogens with one attached hydrogen (secondary N) is 1. The number of benzene rings is 2. The van der Waals surface area contributed by atoms with Crippen molar-refractivity contribution in [3.63, 3.8) is 0 Å². The van der Waals surface area contributed by atoms with Crippen LogP contribution in [0.5, 0.6) is 0 Å². The van der Waals surface area contributed by atoms with Crippen LogP contribution < -0.4 is 5.32 Å². The highest BCUT2D eigenvalue weighted by Crippen LogP contribution is 2.25. The zero-order chi connectivity index (χ0) is 13.8. The fourth-order valence-corrected chi connectivity index (χ4v) is 2.81. The van der Waals surface area contributed by atoms with Gasteiger partial charge in [-0.15, -0.1) is 0 Å². The minimum atomic E-state index is 0.255. The van der Waals surface area contributed by atoms with Crippen LogP contribution in [0.3, 0.4) is 0 Å². The van der Waals surface area contributed by atoms with Crippen molar-refractivity contribution in [2.75, 3.05) is 0 Å². The van der Waals surface area contributed by atoms with Crippen molar-refractivity contribution >= 4 is 39.1 Å².